The quantitative estimate of drug-likeness (QED) is 0.509. The summed E-state index contributed by atoms with van der Waals surface area (Å²) in [4.78, 5) is 11.6. The van der Waals surface area contributed by atoms with Crippen molar-refractivity contribution in [2.24, 2.45) is 0 Å². The van der Waals surface area contributed by atoms with Crippen molar-refractivity contribution in [1.29, 1.82) is 0 Å². The molecule has 0 unspecified atom stereocenters. The molecule has 0 saturated heterocycles. The lowest BCUT2D eigenvalue weighted by molar-refractivity contribution is 0.0602. The predicted octanol–water partition coefficient (Wildman–Crippen LogP) is 2.20. The lowest BCUT2D eigenvalue weighted by Gasteiger charge is -2.12. The lowest BCUT2D eigenvalue weighted by atomic mass is 10.1. The first-order valence-electron chi connectivity index (χ1n) is 6.18. The normalized spacial score (nSPS) is 10.1. The molecule has 4 N–H and O–H groups in total. The molecule has 0 heterocycles. The lowest BCUT2D eigenvalue weighted by Crippen LogP contribution is -2.08. The Morgan fingerprint density at radius 1 is 1.10 bits per heavy atom. The number of methoxy groups -OCH3 is 1. The molecule has 0 saturated carbocycles. The summed E-state index contributed by atoms with van der Waals surface area (Å²) in [6, 6.07) is 9.52. The zero-order chi connectivity index (χ0) is 15.4. The van der Waals surface area contributed by atoms with Crippen LogP contribution in [0.4, 0.5) is 5.69 Å². The van der Waals surface area contributed by atoms with Crippen LogP contribution in [-0.2, 0) is 11.3 Å². The number of nitrogens with one attached hydrogen (secondary N) is 1. The fourth-order valence-electron chi connectivity index (χ4n) is 1.87. The number of anilines is 1. The van der Waals surface area contributed by atoms with Gasteiger partial charge in [0.05, 0.1) is 12.7 Å². The van der Waals surface area contributed by atoms with E-state index >= 15 is 0 Å². The summed E-state index contributed by atoms with van der Waals surface area (Å²) in [5.74, 6) is -1.85. The van der Waals surface area contributed by atoms with Crippen LogP contribution in [0.3, 0.4) is 0 Å². The van der Waals surface area contributed by atoms with Gasteiger partial charge < -0.3 is 25.4 Å². The smallest absolute Gasteiger partial charge is 0.339 e. The Kier molecular flexibility index (Phi) is 4.18. The van der Waals surface area contributed by atoms with E-state index in [-0.39, 0.29) is 6.54 Å². The Bertz CT molecular complexity index is 669. The van der Waals surface area contributed by atoms with E-state index in [1.165, 1.54) is 19.2 Å². The second-order valence-corrected chi connectivity index (χ2v) is 4.33. The third-order valence-electron chi connectivity index (χ3n) is 3.02. The van der Waals surface area contributed by atoms with Gasteiger partial charge in [0.2, 0.25) is 5.75 Å². The number of phenolic OH excluding ortho intramolecular Hbond substituents is 3. The molecule has 0 aromatic heterocycles. The second kappa shape index (κ2) is 6.04. The van der Waals surface area contributed by atoms with Crippen molar-refractivity contribution in [3.63, 3.8) is 0 Å². The van der Waals surface area contributed by atoms with Crippen molar-refractivity contribution in [2.45, 2.75) is 6.54 Å². The first-order chi connectivity index (χ1) is 10.0. The van der Waals surface area contributed by atoms with Crippen LogP contribution >= 0.6 is 0 Å². The van der Waals surface area contributed by atoms with Gasteiger partial charge in [-0.2, -0.15) is 0 Å². The summed E-state index contributed by atoms with van der Waals surface area (Å²) in [6.07, 6.45) is 0. The molecule has 2 aromatic rings. The minimum absolute atomic E-state index is 0.160. The number of ether oxygens (including phenoxy) is 1. The largest absolute Gasteiger partial charge is 0.504 e. The molecule has 0 amide bonds. The van der Waals surface area contributed by atoms with E-state index in [1.54, 1.807) is 24.3 Å². The molecule has 2 aromatic carbocycles. The van der Waals surface area contributed by atoms with Gasteiger partial charge in [-0.05, 0) is 24.3 Å². The van der Waals surface area contributed by atoms with Gasteiger partial charge in [0.25, 0.3) is 0 Å². The van der Waals surface area contributed by atoms with Gasteiger partial charge in [-0.15, -0.1) is 0 Å². The number of hydrogen-bond acceptors (Lipinski definition) is 6. The first-order valence-corrected chi connectivity index (χ1v) is 6.18. The van der Waals surface area contributed by atoms with Crippen molar-refractivity contribution in [3.8, 4) is 17.2 Å². The molecular formula is C15H15NO5. The fraction of sp³-hybridized carbons (Fsp3) is 0.133. The van der Waals surface area contributed by atoms with Gasteiger partial charge in [-0.3, -0.25) is 0 Å². The Morgan fingerprint density at radius 2 is 1.81 bits per heavy atom. The van der Waals surface area contributed by atoms with E-state index in [9.17, 15) is 20.1 Å². The average molecular weight is 289 g/mol. The van der Waals surface area contributed by atoms with Crippen LogP contribution < -0.4 is 5.32 Å². The third kappa shape index (κ3) is 3.00. The summed E-state index contributed by atoms with van der Waals surface area (Å²) >= 11 is 0. The van der Waals surface area contributed by atoms with Crippen LogP contribution in [-0.4, -0.2) is 28.4 Å². The predicted molar refractivity (Wildman–Crippen MR) is 76.5 cm³/mol. The second-order valence-electron chi connectivity index (χ2n) is 4.33. The molecular weight excluding hydrogens is 274 g/mol. The molecule has 110 valence electrons. The molecule has 2 rings (SSSR count). The molecule has 0 spiro atoms. The molecule has 0 aliphatic rings. The van der Waals surface area contributed by atoms with Crippen molar-refractivity contribution in [1.82, 2.24) is 0 Å². The summed E-state index contributed by atoms with van der Waals surface area (Å²) < 4.78 is 4.69. The summed E-state index contributed by atoms with van der Waals surface area (Å²) in [5.41, 5.74) is 1.28. The van der Waals surface area contributed by atoms with Crippen LogP contribution in [0.1, 0.15) is 15.9 Å². The number of para-hydroxylation sites is 1. The Labute approximate surface area is 121 Å². The monoisotopic (exact) mass is 289 g/mol. The maximum absolute atomic E-state index is 11.6. The van der Waals surface area contributed by atoms with Crippen LogP contribution in [0, 0.1) is 0 Å². The first kappa shape index (κ1) is 14.5. The van der Waals surface area contributed by atoms with Gasteiger partial charge in [0.15, 0.2) is 11.5 Å². The third-order valence-corrected chi connectivity index (χ3v) is 3.02. The van der Waals surface area contributed by atoms with Gasteiger partial charge >= 0.3 is 5.97 Å². The summed E-state index contributed by atoms with van der Waals surface area (Å²) in [6.45, 7) is 0.160. The van der Waals surface area contributed by atoms with E-state index in [2.05, 4.69) is 10.1 Å². The average Bonchev–Trinajstić information content (AvgIpc) is 2.51. The van der Waals surface area contributed by atoms with Gasteiger partial charge in [0.1, 0.15) is 0 Å². The number of hydrogen-bond donors (Lipinski definition) is 4. The van der Waals surface area contributed by atoms with Crippen LogP contribution in [0.5, 0.6) is 17.2 Å². The Balaban J connectivity index is 2.21. The highest BCUT2D eigenvalue weighted by Crippen LogP contribution is 2.37. The highest BCUT2D eigenvalue weighted by Gasteiger charge is 2.13. The van der Waals surface area contributed by atoms with E-state index < -0.39 is 23.2 Å². The van der Waals surface area contributed by atoms with E-state index in [4.69, 9.17) is 0 Å². The van der Waals surface area contributed by atoms with Crippen LogP contribution in [0.25, 0.3) is 0 Å². The zero-order valence-corrected chi connectivity index (χ0v) is 11.3. The molecule has 0 atom stereocenters. The van der Waals surface area contributed by atoms with Crippen LogP contribution in [0.2, 0.25) is 0 Å². The number of rotatable bonds is 4. The fourth-order valence-corrected chi connectivity index (χ4v) is 1.87. The maximum Gasteiger partial charge on any atom is 0.339 e. The molecule has 0 aliphatic heterocycles. The zero-order valence-electron chi connectivity index (χ0n) is 11.3. The molecule has 0 aliphatic carbocycles. The topological polar surface area (TPSA) is 99.0 Å². The van der Waals surface area contributed by atoms with Gasteiger partial charge in [-0.1, -0.05) is 12.1 Å². The maximum atomic E-state index is 11.6. The Hall–Kier alpha value is -2.89. The number of carbonyl (C=O) groups is 1. The van der Waals surface area contributed by atoms with E-state index in [0.29, 0.717) is 16.8 Å². The highest BCUT2D eigenvalue weighted by molar-refractivity contribution is 5.95. The summed E-state index contributed by atoms with van der Waals surface area (Å²) in [7, 11) is 1.29. The molecule has 6 nitrogen and oxygen atoms in total. The number of phenols is 3. The van der Waals surface area contributed by atoms with Crippen molar-refractivity contribution < 1.29 is 24.9 Å². The van der Waals surface area contributed by atoms with Crippen molar-refractivity contribution in [3.05, 3.63) is 47.5 Å². The SMILES string of the molecule is COC(=O)c1ccccc1NCc1ccc(O)c(O)c1O. The molecule has 0 bridgehead atoms. The Morgan fingerprint density at radius 3 is 2.52 bits per heavy atom. The summed E-state index contributed by atoms with van der Waals surface area (Å²) in [5, 5.41) is 31.4. The minimum Gasteiger partial charge on any atom is -0.504 e. The van der Waals surface area contributed by atoms with Gasteiger partial charge in [0, 0.05) is 17.8 Å². The molecule has 0 radical (unpaired) electrons. The van der Waals surface area contributed by atoms with E-state index in [1.807, 2.05) is 0 Å². The van der Waals surface area contributed by atoms with Crippen molar-refractivity contribution >= 4 is 11.7 Å². The van der Waals surface area contributed by atoms with Crippen LogP contribution in [0.15, 0.2) is 36.4 Å². The van der Waals surface area contributed by atoms with E-state index in [0.717, 1.165) is 0 Å². The number of aromatic hydroxyl groups is 3. The minimum atomic E-state index is -0.574. The van der Waals surface area contributed by atoms with Crippen molar-refractivity contribution in [2.75, 3.05) is 12.4 Å². The molecule has 6 heteroatoms. The molecule has 0 fully saturated rings. The highest BCUT2D eigenvalue weighted by atomic mass is 16.5. The standard InChI is InChI=1S/C15H15NO5/c1-21-15(20)10-4-2-3-5-11(10)16-8-9-6-7-12(17)14(19)13(9)18/h2-7,16-19H,8H2,1H3. The number of benzene rings is 2. The number of carbonyl (C=O) groups excluding carboxylic acids is 1. The van der Waals surface area contributed by atoms with Gasteiger partial charge in [-0.25, -0.2) is 4.79 Å². The number of esters is 1. The molecule has 21 heavy (non-hydrogen) atoms.